The van der Waals surface area contributed by atoms with Crippen LogP contribution in [0.5, 0.6) is 17.2 Å². The summed E-state index contributed by atoms with van der Waals surface area (Å²) < 4.78 is 59.1. The molecule has 0 bridgehead atoms. The van der Waals surface area contributed by atoms with Crippen molar-refractivity contribution in [3.8, 4) is 17.2 Å². The lowest BCUT2D eigenvalue weighted by molar-refractivity contribution is -0.139. The number of hydrogen-bond acceptors (Lipinski definition) is 7. The minimum atomic E-state index is -4.37. The molecule has 1 unspecified atom stereocenters. The number of rotatable bonds is 11. The van der Waals surface area contributed by atoms with E-state index in [1.807, 2.05) is 0 Å². The summed E-state index contributed by atoms with van der Waals surface area (Å²) in [7, 11) is -2.85. The largest absolute Gasteiger partial charge is 0.497 e. The van der Waals surface area contributed by atoms with E-state index in [0.29, 0.717) is 23.7 Å². The Morgan fingerprint density at radius 1 is 0.976 bits per heavy atom. The highest BCUT2D eigenvalue weighted by molar-refractivity contribution is 7.92. The van der Waals surface area contributed by atoms with E-state index in [0.717, 1.165) is 16.4 Å². The number of methoxy groups -OCH3 is 1. The van der Waals surface area contributed by atoms with E-state index in [4.69, 9.17) is 14.2 Å². The molecule has 0 aromatic heterocycles. The van der Waals surface area contributed by atoms with E-state index in [-0.39, 0.29) is 35.5 Å². The van der Waals surface area contributed by atoms with Crippen LogP contribution in [0.2, 0.25) is 0 Å². The van der Waals surface area contributed by atoms with Crippen LogP contribution in [0.1, 0.15) is 26.3 Å². The van der Waals surface area contributed by atoms with Gasteiger partial charge in [-0.05, 0) is 74.9 Å². The van der Waals surface area contributed by atoms with E-state index in [1.165, 1.54) is 42.3 Å². The molecule has 42 heavy (non-hydrogen) atoms. The molecule has 0 saturated heterocycles. The van der Waals surface area contributed by atoms with E-state index in [2.05, 4.69) is 5.32 Å². The molecule has 0 saturated carbocycles. The molecule has 1 N–H and O–H groups in total. The standard InChI is InChI=1S/C30H34FN3O7S/c1-20(2)32-30(36)21(3)33(18-22-6-5-7-25(16-22)39-4)29(35)19-34(24-10-8-23(31)9-11-24)42(37,38)26-12-13-27-28(17-26)41-15-14-40-27/h5-13,16-17,20-21H,14-15,18-19H2,1-4H3,(H,32,36). The van der Waals surface area contributed by atoms with E-state index in [9.17, 15) is 22.4 Å². The number of carbonyl (C=O) groups is 2. The molecule has 0 aliphatic carbocycles. The lowest BCUT2D eigenvalue weighted by atomic mass is 10.1. The second kappa shape index (κ2) is 13.1. The topological polar surface area (TPSA) is 114 Å². The van der Waals surface area contributed by atoms with Crippen molar-refractivity contribution in [1.82, 2.24) is 10.2 Å². The number of ether oxygens (including phenoxy) is 3. The van der Waals surface area contributed by atoms with Crippen LogP contribution in [0.4, 0.5) is 10.1 Å². The highest BCUT2D eigenvalue weighted by Crippen LogP contribution is 2.34. The molecule has 0 radical (unpaired) electrons. The molecule has 3 aromatic rings. The Balaban J connectivity index is 1.72. The maximum atomic E-state index is 14.0. The molecule has 0 fully saturated rings. The van der Waals surface area contributed by atoms with Crippen LogP contribution in [0.3, 0.4) is 0 Å². The summed E-state index contributed by atoms with van der Waals surface area (Å²) in [5, 5.41) is 2.81. The summed E-state index contributed by atoms with van der Waals surface area (Å²) in [6.45, 7) is 5.11. The monoisotopic (exact) mass is 599 g/mol. The zero-order valence-corrected chi connectivity index (χ0v) is 24.7. The lowest BCUT2D eigenvalue weighted by Gasteiger charge is -2.32. The Bertz CT molecular complexity index is 1530. The lowest BCUT2D eigenvalue weighted by Crippen LogP contribution is -2.52. The molecule has 10 nitrogen and oxygen atoms in total. The molecule has 2 amide bonds. The van der Waals surface area contributed by atoms with Gasteiger partial charge in [0.25, 0.3) is 10.0 Å². The van der Waals surface area contributed by atoms with Gasteiger partial charge in [-0.2, -0.15) is 0 Å². The van der Waals surface area contributed by atoms with Crippen molar-refractivity contribution in [3.05, 3.63) is 78.1 Å². The highest BCUT2D eigenvalue weighted by atomic mass is 32.2. The first kappa shape index (κ1) is 30.6. The summed E-state index contributed by atoms with van der Waals surface area (Å²) in [5.74, 6) is -0.391. The predicted molar refractivity (Wildman–Crippen MR) is 155 cm³/mol. The van der Waals surface area contributed by atoms with Crippen LogP contribution >= 0.6 is 0 Å². The maximum Gasteiger partial charge on any atom is 0.264 e. The minimum Gasteiger partial charge on any atom is -0.497 e. The zero-order valence-electron chi connectivity index (χ0n) is 23.9. The molecule has 1 aliphatic heterocycles. The molecule has 0 spiro atoms. The third-order valence-electron chi connectivity index (χ3n) is 6.58. The average Bonchev–Trinajstić information content (AvgIpc) is 2.98. The van der Waals surface area contributed by atoms with Crippen LogP contribution < -0.4 is 23.8 Å². The Kier molecular flexibility index (Phi) is 9.56. The van der Waals surface area contributed by atoms with Gasteiger partial charge in [0.1, 0.15) is 37.4 Å². The Labute approximate surface area is 245 Å². The van der Waals surface area contributed by atoms with Crippen molar-refractivity contribution in [1.29, 1.82) is 0 Å². The third kappa shape index (κ3) is 7.11. The first-order valence-corrected chi connectivity index (χ1v) is 14.8. The number of fused-ring (bicyclic) bond motifs is 1. The second-order valence-electron chi connectivity index (χ2n) is 10.0. The molecule has 12 heteroatoms. The third-order valence-corrected chi connectivity index (χ3v) is 8.35. The van der Waals surface area contributed by atoms with Gasteiger partial charge in [0.15, 0.2) is 11.5 Å². The fourth-order valence-corrected chi connectivity index (χ4v) is 5.83. The first-order valence-electron chi connectivity index (χ1n) is 13.4. The van der Waals surface area contributed by atoms with Crippen molar-refractivity contribution in [2.75, 3.05) is 31.2 Å². The van der Waals surface area contributed by atoms with Gasteiger partial charge in [-0.3, -0.25) is 13.9 Å². The number of nitrogens with one attached hydrogen (secondary N) is 1. The van der Waals surface area contributed by atoms with Gasteiger partial charge in [0.05, 0.1) is 17.7 Å². The Morgan fingerprint density at radius 2 is 1.67 bits per heavy atom. The molecule has 1 aliphatic rings. The summed E-state index contributed by atoms with van der Waals surface area (Å²) >= 11 is 0. The highest BCUT2D eigenvalue weighted by Gasteiger charge is 2.33. The first-order chi connectivity index (χ1) is 20.0. The quantitative estimate of drug-likeness (QED) is 0.357. The second-order valence-corrected chi connectivity index (χ2v) is 11.9. The number of nitrogens with zero attached hydrogens (tertiary/aromatic N) is 2. The summed E-state index contributed by atoms with van der Waals surface area (Å²) in [5.41, 5.74) is 0.746. The molecular weight excluding hydrogens is 565 g/mol. The van der Waals surface area contributed by atoms with Crippen molar-refractivity contribution in [2.24, 2.45) is 0 Å². The van der Waals surface area contributed by atoms with Crippen LogP contribution in [-0.2, 0) is 26.2 Å². The molecule has 1 heterocycles. The number of benzene rings is 3. The van der Waals surface area contributed by atoms with Gasteiger partial charge in [0, 0.05) is 18.7 Å². The van der Waals surface area contributed by atoms with Gasteiger partial charge in [0.2, 0.25) is 11.8 Å². The predicted octanol–water partition coefficient (Wildman–Crippen LogP) is 3.74. The molecular formula is C30H34FN3O7S. The van der Waals surface area contributed by atoms with Crippen LogP contribution in [0.15, 0.2) is 71.6 Å². The molecule has 3 aromatic carbocycles. The minimum absolute atomic E-state index is 0.00401. The normalized spacial score (nSPS) is 13.3. The summed E-state index contributed by atoms with van der Waals surface area (Å²) in [6, 6.07) is 14.8. The number of amides is 2. The fraction of sp³-hybridized carbons (Fsp3) is 0.333. The van der Waals surface area contributed by atoms with Crippen LogP contribution in [0, 0.1) is 5.82 Å². The van der Waals surface area contributed by atoms with Crippen molar-refractivity contribution in [3.63, 3.8) is 0 Å². The maximum absolute atomic E-state index is 14.0. The van der Waals surface area contributed by atoms with Gasteiger partial charge in [-0.25, -0.2) is 12.8 Å². The average molecular weight is 600 g/mol. The smallest absolute Gasteiger partial charge is 0.264 e. The number of sulfonamides is 1. The molecule has 1 atom stereocenters. The molecule has 4 rings (SSSR count). The summed E-state index contributed by atoms with van der Waals surface area (Å²) in [4.78, 5) is 28.2. The van der Waals surface area contributed by atoms with Crippen molar-refractivity contribution < 1.29 is 36.6 Å². The number of anilines is 1. The van der Waals surface area contributed by atoms with Crippen LogP contribution in [-0.4, -0.2) is 64.1 Å². The fourth-order valence-electron chi connectivity index (χ4n) is 4.40. The summed E-state index contributed by atoms with van der Waals surface area (Å²) in [6.07, 6.45) is 0. The van der Waals surface area contributed by atoms with Crippen molar-refractivity contribution >= 4 is 27.5 Å². The SMILES string of the molecule is COc1cccc(CN(C(=O)CN(c2ccc(F)cc2)S(=O)(=O)c2ccc3c(c2)OCCO3)C(C)C(=O)NC(C)C)c1. The van der Waals surface area contributed by atoms with E-state index >= 15 is 0 Å². The van der Waals surface area contributed by atoms with E-state index in [1.54, 1.807) is 45.0 Å². The molecule has 224 valence electrons. The van der Waals surface area contributed by atoms with Gasteiger partial charge >= 0.3 is 0 Å². The zero-order chi connectivity index (χ0) is 30.4. The number of halogens is 1. The van der Waals surface area contributed by atoms with Gasteiger partial charge in [-0.1, -0.05) is 12.1 Å². The Morgan fingerprint density at radius 3 is 2.33 bits per heavy atom. The number of carbonyl (C=O) groups excluding carboxylic acids is 2. The van der Waals surface area contributed by atoms with Gasteiger partial charge in [-0.15, -0.1) is 0 Å². The van der Waals surface area contributed by atoms with Crippen LogP contribution in [0.25, 0.3) is 0 Å². The number of hydrogen-bond donors (Lipinski definition) is 1. The van der Waals surface area contributed by atoms with Gasteiger partial charge < -0.3 is 24.4 Å². The Hall–Kier alpha value is -4.32. The van der Waals surface area contributed by atoms with E-state index < -0.39 is 40.2 Å². The van der Waals surface area contributed by atoms with Crippen molar-refractivity contribution in [2.45, 2.75) is 44.3 Å².